The molecular weight excluding hydrogens is 268 g/mol. The zero-order valence-electron chi connectivity index (χ0n) is 11.5. The van der Waals surface area contributed by atoms with Crippen molar-refractivity contribution in [3.63, 3.8) is 0 Å². The lowest BCUT2D eigenvalue weighted by molar-refractivity contribution is 0.0696. The van der Waals surface area contributed by atoms with Gasteiger partial charge in [0.1, 0.15) is 5.56 Å². The molecule has 2 aromatic heterocycles. The summed E-state index contributed by atoms with van der Waals surface area (Å²) in [6.07, 6.45) is 5.20. The average Bonchev–Trinajstić information content (AvgIpc) is 3.07. The summed E-state index contributed by atoms with van der Waals surface area (Å²) in [5.41, 5.74) is 2.67. The Morgan fingerprint density at radius 3 is 2.67 bits per heavy atom. The second kappa shape index (κ2) is 5.24. The van der Waals surface area contributed by atoms with E-state index in [0.717, 1.165) is 11.3 Å². The maximum absolute atomic E-state index is 11.0. The van der Waals surface area contributed by atoms with E-state index in [4.69, 9.17) is 5.11 Å². The quantitative estimate of drug-likeness (QED) is 0.795. The molecule has 0 radical (unpaired) electrons. The van der Waals surface area contributed by atoms with Gasteiger partial charge in [0.2, 0.25) is 0 Å². The lowest BCUT2D eigenvalue weighted by Gasteiger charge is -1.99. The summed E-state index contributed by atoms with van der Waals surface area (Å²) in [6.45, 7) is 2.17. The van der Waals surface area contributed by atoms with Crippen LogP contribution in [0.25, 0.3) is 5.69 Å². The molecule has 1 N–H and O–H groups in total. The number of carboxylic acid groups (broad SMARTS) is 1. The van der Waals surface area contributed by atoms with E-state index in [1.807, 2.05) is 36.5 Å². The fraction of sp³-hybridized carbons (Fsp3) is 0.133. The van der Waals surface area contributed by atoms with E-state index in [0.29, 0.717) is 12.2 Å². The third kappa shape index (κ3) is 2.69. The Labute approximate surface area is 121 Å². The Hall–Kier alpha value is -2.89. The molecule has 106 valence electrons. The van der Waals surface area contributed by atoms with Gasteiger partial charge < -0.3 is 5.11 Å². The van der Waals surface area contributed by atoms with E-state index in [1.165, 1.54) is 6.20 Å². The van der Waals surface area contributed by atoms with Crippen LogP contribution in [-0.4, -0.2) is 30.6 Å². The summed E-state index contributed by atoms with van der Waals surface area (Å²) in [7, 11) is 0. The van der Waals surface area contributed by atoms with Gasteiger partial charge in [-0.1, -0.05) is 18.2 Å². The number of carbonyl (C=O) groups is 1. The number of hydrogen-bond donors (Lipinski definition) is 1. The van der Waals surface area contributed by atoms with E-state index in [9.17, 15) is 4.79 Å². The summed E-state index contributed by atoms with van der Waals surface area (Å²) >= 11 is 0. The highest BCUT2D eigenvalue weighted by molar-refractivity contribution is 5.88. The van der Waals surface area contributed by atoms with Crippen molar-refractivity contribution < 1.29 is 9.90 Å². The van der Waals surface area contributed by atoms with Crippen LogP contribution in [0.4, 0.5) is 0 Å². The summed E-state index contributed by atoms with van der Waals surface area (Å²) in [5.74, 6) is -0.960. The number of para-hydroxylation sites is 1. The number of aryl methyl sites for hydroxylation is 1. The highest BCUT2D eigenvalue weighted by Gasteiger charge is 2.12. The number of rotatable bonds is 4. The minimum atomic E-state index is -0.960. The highest BCUT2D eigenvalue weighted by Crippen LogP contribution is 2.11. The van der Waals surface area contributed by atoms with Gasteiger partial charge in [-0.15, -0.1) is 0 Å². The van der Waals surface area contributed by atoms with Crippen molar-refractivity contribution in [2.24, 2.45) is 0 Å². The third-order valence-electron chi connectivity index (χ3n) is 3.18. The van der Waals surface area contributed by atoms with Crippen LogP contribution in [0.5, 0.6) is 0 Å². The zero-order valence-corrected chi connectivity index (χ0v) is 11.5. The Morgan fingerprint density at radius 2 is 2.00 bits per heavy atom. The van der Waals surface area contributed by atoms with Gasteiger partial charge in [0.15, 0.2) is 0 Å². The molecule has 0 aliphatic heterocycles. The molecule has 21 heavy (non-hydrogen) atoms. The first-order valence-corrected chi connectivity index (χ1v) is 6.50. The highest BCUT2D eigenvalue weighted by atomic mass is 16.4. The zero-order chi connectivity index (χ0) is 14.8. The van der Waals surface area contributed by atoms with Gasteiger partial charge in [-0.2, -0.15) is 10.2 Å². The van der Waals surface area contributed by atoms with Crippen LogP contribution in [0.3, 0.4) is 0 Å². The van der Waals surface area contributed by atoms with Crippen molar-refractivity contribution in [1.29, 1.82) is 0 Å². The Bertz CT molecular complexity index is 774. The summed E-state index contributed by atoms with van der Waals surface area (Å²) in [5, 5.41) is 17.5. The molecule has 0 saturated carbocycles. The molecular formula is C15H14N4O2. The molecule has 0 bridgehead atoms. The molecule has 0 fully saturated rings. The second-order valence-electron chi connectivity index (χ2n) is 4.76. The fourth-order valence-corrected chi connectivity index (χ4v) is 2.16. The second-order valence-corrected chi connectivity index (χ2v) is 4.76. The van der Waals surface area contributed by atoms with E-state index in [1.54, 1.807) is 22.5 Å². The van der Waals surface area contributed by atoms with Crippen molar-refractivity contribution in [1.82, 2.24) is 19.6 Å². The number of hydrogen-bond acceptors (Lipinski definition) is 3. The van der Waals surface area contributed by atoms with Gasteiger partial charge in [0.25, 0.3) is 0 Å². The Morgan fingerprint density at radius 1 is 1.24 bits per heavy atom. The molecule has 3 rings (SSSR count). The number of aromatic nitrogens is 4. The normalized spacial score (nSPS) is 10.7. The molecule has 0 unspecified atom stereocenters. The van der Waals surface area contributed by atoms with Gasteiger partial charge in [-0.25, -0.2) is 9.48 Å². The lowest BCUT2D eigenvalue weighted by atomic mass is 10.3. The average molecular weight is 282 g/mol. The topological polar surface area (TPSA) is 72.9 Å². The molecule has 6 nitrogen and oxygen atoms in total. The summed E-state index contributed by atoms with van der Waals surface area (Å²) in [4.78, 5) is 11.0. The fourth-order valence-electron chi connectivity index (χ4n) is 2.16. The summed E-state index contributed by atoms with van der Waals surface area (Å²) in [6, 6.07) is 9.79. The van der Waals surface area contributed by atoms with Gasteiger partial charge in [0.05, 0.1) is 24.1 Å². The Balaban J connectivity index is 1.82. The standard InChI is InChI=1S/C15H14N4O2/c1-11-14(15(20)21)10-18(17-11)8-12-7-16-19(9-12)13-5-3-2-4-6-13/h2-7,9-10H,8H2,1H3,(H,20,21). The van der Waals surface area contributed by atoms with Gasteiger partial charge >= 0.3 is 5.97 Å². The van der Waals surface area contributed by atoms with Crippen LogP contribution < -0.4 is 0 Å². The number of carboxylic acids is 1. The smallest absolute Gasteiger partial charge is 0.339 e. The molecule has 0 spiro atoms. The van der Waals surface area contributed by atoms with Crippen LogP contribution in [0, 0.1) is 6.92 Å². The van der Waals surface area contributed by atoms with E-state index in [2.05, 4.69) is 10.2 Å². The molecule has 0 atom stereocenters. The van der Waals surface area contributed by atoms with Crippen LogP contribution in [0.2, 0.25) is 0 Å². The van der Waals surface area contributed by atoms with Crippen molar-refractivity contribution >= 4 is 5.97 Å². The minimum Gasteiger partial charge on any atom is -0.478 e. The first-order chi connectivity index (χ1) is 10.1. The number of nitrogens with zero attached hydrogens (tertiary/aromatic N) is 4. The number of aromatic carboxylic acids is 1. The van der Waals surface area contributed by atoms with Gasteiger partial charge in [-0.05, 0) is 19.1 Å². The maximum Gasteiger partial charge on any atom is 0.339 e. The SMILES string of the molecule is Cc1nn(Cc2cnn(-c3ccccc3)c2)cc1C(=O)O. The van der Waals surface area contributed by atoms with Crippen molar-refractivity contribution in [2.75, 3.05) is 0 Å². The first kappa shape index (κ1) is 13.1. The summed E-state index contributed by atoms with van der Waals surface area (Å²) < 4.78 is 3.40. The third-order valence-corrected chi connectivity index (χ3v) is 3.18. The predicted molar refractivity (Wildman–Crippen MR) is 76.6 cm³/mol. The molecule has 6 heteroatoms. The van der Waals surface area contributed by atoms with Crippen molar-refractivity contribution in [3.8, 4) is 5.69 Å². The van der Waals surface area contributed by atoms with Crippen LogP contribution in [-0.2, 0) is 6.54 Å². The predicted octanol–water partition coefficient (Wildman–Crippen LogP) is 2.12. The molecule has 0 aliphatic carbocycles. The molecule has 0 aliphatic rings. The van der Waals surface area contributed by atoms with Crippen LogP contribution >= 0.6 is 0 Å². The van der Waals surface area contributed by atoms with Gasteiger partial charge in [0, 0.05) is 18.0 Å². The van der Waals surface area contributed by atoms with E-state index >= 15 is 0 Å². The van der Waals surface area contributed by atoms with E-state index in [-0.39, 0.29) is 5.56 Å². The molecule has 3 aromatic rings. The first-order valence-electron chi connectivity index (χ1n) is 6.50. The van der Waals surface area contributed by atoms with Gasteiger partial charge in [-0.3, -0.25) is 4.68 Å². The van der Waals surface area contributed by atoms with Crippen molar-refractivity contribution in [2.45, 2.75) is 13.5 Å². The molecule has 1 aromatic carbocycles. The monoisotopic (exact) mass is 282 g/mol. The van der Waals surface area contributed by atoms with Crippen molar-refractivity contribution in [3.05, 3.63) is 65.7 Å². The minimum absolute atomic E-state index is 0.227. The maximum atomic E-state index is 11.0. The number of benzene rings is 1. The van der Waals surface area contributed by atoms with Crippen LogP contribution in [0.1, 0.15) is 21.6 Å². The molecule has 2 heterocycles. The molecule has 0 saturated heterocycles. The van der Waals surface area contributed by atoms with Crippen LogP contribution in [0.15, 0.2) is 48.9 Å². The largest absolute Gasteiger partial charge is 0.478 e. The van der Waals surface area contributed by atoms with E-state index < -0.39 is 5.97 Å². The Kier molecular flexibility index (Phi) is 3.27. The lowest BCUT2D eigenvalue weighted by Crippen LogP contribution is -2.00. The molecule has 0 amide bonds.